The number of sulfonamides is 1. The number of esters is 1. The molecule has 0 aliphatic carbocycles. The molecular formula is C23H25NO5S. The summed E-state index contributed by atoms with van der Waals surface area (Å²) in [6.45, 7) is 2.77. The van der Waals surface area contributed by atoms with E-state index in [9.17, 15) is 13.2 Å². The topological polar surface area (TPSA) is 81.7 Å². The smallest absolute Gasteiger partial charge is 0.309 e. The van der Waals surface area contributed by atoms with Crippen molar-refractivity contribution in [2.75, 3.05) is 18.4 Å². The molecule has 3 rings (SSSR count). The van der Waals surface area contributed by atoms with Crippen molar-refractivity contribution in [2.24, 2.45) is 0 Å². The van der Waals surface area contributed by atoms with Crippen LogP contribution in [0.1, 0.15) is 25.3 Å². The summed E-state index contributed by atoms with van der Waals surface area (Å²) in [5.41, 5.74) is 1.16. The highest BCUT2D eigenvalue weighted by atomic mass is 32.2. The molecule has 3 aromatic carbocycles. The zero-order valence-electron chi connectivity index (χ0n) is 17.1. The minimum absolute atomic E-state index is 0.137. The number of hydrogen-bond donors (Lipinski definition) is 1. The Bertz CT molecular complexity index is 1120. The molecule has 7 heteroatoms. The average molecular weight is 428 g/mol. The lowest BCUT2D eigenvalue weighted by Crippen LogP contribution is -2.13. The van der Waals surface area contributed by atoms with Crippen LogP contribution in [0.25, 0.3) is 10.8 Å². The predicted molar refractivity (Wildman–Crippen MR) is 117 cm³/mol. The summed E-state index contributed by atoms with van der Waals surface area (Å²) in [6, 6.07) is 17.2. The first-order chi connectivity index (χ1) is 14.4. The highest BCUT2D eigenvalue weighted by Crippen LogP contribution is 2.25. The van der Waals surface area contributed by atoms with Crippen LogP contribution in [0.3, 0.4) is 0 Å². The molecule has 0 spiro atoms. The van der Waals surface area contributed by atoms with E-state index in [0.29, 0.717) is 12.3 Å². The Balaban J connectivity index is 1.75. The SMILES string of the molecule is CCCCOc1ccc2cc(S(=O)(=O)Nc3ccc(CC(=O)OC)cc3)ccc2c1. The van der Waals surface area contributed by atoms with Gasteiger partial charge in [-0.25, -0.2) is 8.42 Å². The van der Waals surface area contributed by atoms with Gasteiger partial charge in [0.2, 0.25) is 0 Å². The van der Waals surface area contributed by atoms with Gasteiger partial charge in [-0.15, -0.1) is 0 Å². The maximum Gasteiger partial charge on any atom is 0.309 e. The number of rotatable bonds is 9. The van der Waals surface area contributed by atoms with Gasteiger partial charge in [0.15, 0.2) is 0 Å². The number of fused-ring (bicyclic) bond motifs is 1. The van der Waals surface area contributed by atoms with E-state index >= 15 is 0 Å². The van der Waals surface area contributed by atoms with E-state index in [4.69, 9.17) is 4.74 Å². The van der Waals surface area contributed by atoms with Crippen molar-refractivity contribution in [3.8, 4) is 5.75 Å². The fourth-order valence-electron chi connectivity index (χ4n) is 2.94. The van der Waals surface area contributed by atoms with Crippen molar-refractivity contribution in [3.05, 3.63) is 66.2 Å². The minimum atomic E-state index is -3.75. The molecule has 0 amide bonds. The maximum atomic E-state index is 12.8. The number of benzene rings is 3. The largest absolute Gasteiger partial charge is 0.494 e. The number of carbonyl (C=O) groups is 1. The van der Waals surface area contributed by atoms with Crippen LogP contribution >= 0.6 is 0 Å². The monoisotopic (exact) mass is 427 g/mol. The van der Waals surface area contributed by atoms with Gasteiger partial charge >= 0.3 is 5.97 Å². The molecule has 158 valence electrons. The Labute approximate surface area is 176 Å². The van der Waals surface area contributed by atoms with Crippen molar-refractivity contribution < 1.29 is 22.7 Å². The first-order valence-electron chi connectivity index (χ1n) is 9.76. The van der Waals surface area contributed by atoms with Crippen molar-refractivity contribution in [1.82, 2.24) is 0 Å². The van der Waals surface area contributed by atoms with Gasteiger partial charge in [-0.1, -0.05) is 37.6 Å². The molecule has 0 fully saturated rings. The molecule has 0 saturated carbocycles. The molecule has 0 saturated heterocycles. The zero-order chi connectivity index (χ0) is 21.6. The minimum Gasteiger partial charge on any atom is -0.494 e. The van der Waals surface area contributed by atoms with Gasteiger partial charge < -0.3 is 9.47 Å². The summed E-state index contributed by atoms with van der Waals surface area (Å²) in [7, 11) is -2.42. The number of ether oxygens (including phenoxy) is 2. The lowest BCUT2D eigenvalue weighted by atomic mass is 10.1. The van der Waals surface area contributed by atoms with Crippen molar-refractivity contribution in [1.29, 1.82) is 0 Å². The molecule has 0 unspecified atom stereocenters. The van der Waals surface area contributed by atoms with Crippen LogP contribution in [-0.2, 0) is 26.0 Å². The third kappa shape index (κ3) is 5.51. The second kappa shape index (κ2) is 9.63. The molecule has 0 aromatic heterocycles. The third-order valence-electron chi connectivity index (χ3n) is 4.64. The van der Waals surface area contributed by atoms with Crippen LogP contribution in [0, 0.1) is 0 Å². The highest BCUT2D eigenvalue weighted by molar-refractivity contribution is 7.92. The molecule has 0 aliphatic heterocycles. The van der Waals surface area contributed by atoms with Gasteiger partial charge in [0, 0.05) is 5.69 Å². The van der Waals surface area contributed by atoms with E-state index in [0.717, 1.165) is 34.9 Å². The van der Waals surface area contributed by atoms with Gasteiger partial charge in [0.1, 0.15) is 5.75 Å². The lowest BCUT2D eigenvalue weighted by Gasteiger charge is -2.11. The van der Waals surface area contributed by atoms with Crippen molar-refractivity contribution >= 4 is 32.5 Å². The molecule has 0 bridgehead atoms. The summed E-state index contributed by atoms with van der Waals surface area (Å²) in [6.07, 6.45) is 2.19. The number of unbranched alkanes of at least 4 members (excludes halogenated alkanes) is 1. The lowest BCUT2D eigenvalue weighted by molar-refractivity contribution is -0.139. The molecule has 1 N–H and O–H groups in total. The zero-order valence-corrected chi connectivity index (χ0v) is 17.9. The quantitative estimate of drug-likeness (QED) is 0.401. The second-order valence-corrected chi connectivity index (χ2v) is 8.61. The van der Waals surface area contributed by atoms with Crippen molar-refractivity contribution in [2.45, 2.75) is 31.1 Å². The second-order valence-electron chi connectivity index (χ2n) is 6.93. The highest BCUT2D eigenvalue weighted by Gasteiger charge is 2.15. The van der Waals surface area contributed by atoms with Gasteiger partial charge in [-0.05, 0) is 59.2 Å². The van der Waals surface area contributed by atoms with E-state index in [1.54, 1.807) is 42.5 Å². The molecule has 0 atom stereocenters. The summed E-state index contributed by atoms with van der Waals surface area (Å²) >= 11 is 0. The van der Waals surface area contributed by atoms with Gasteiger partial charge in [0.25, 0.3) is 10.0 Å². The van der Waals surface area contributed by atoms with Crippen molar-refractivity contribution in [3.63, 3.8) is 0 Å². The van der Waals surface area contributed by atoms with Gasteiger partial charge in [-0.2, -0.15) is 0 Å². The van der Waals surface area contributed by atoms with Gasteiger partial charge in [-0.3, -0.25) is 9.52 Å². The number of anilines is 1. The van der Waals surface area contributed by atoms with E-state index in [1.165, 1.54) is 7.11 Å². The molecule has 0 heterocycles. The van der Waals surface area contributed by atoms with Crippen LogP contribution in [0.2, 0.25) is 0 Å². The standard InChI is InChI=1S/C23H25NO5S/c1-3-4-13-29-21-11-7-19-16-22(12-8-18(19)15-21)30(26,27)24-20-9-5-17(6-10-20)14-23(25)28-2/h5-12,15-16,24H,3-4,13-14H2,1-2H3. The van der Waals surface area contributed by atoms with Crippen LogP contribution < -0.4 is 9.46 Å². The molecular weight excluding hydrogens is 402 g/mol. The summed E-state index contributed by atoms with van der Waals surface area (Å²) in [4.78, 5) is 11.5. The Morgan fingerprint density at radius 2 is 1.67 bits per heavy atom. The number of nitrogens with one attached hydrogen (secondary N) is 1. The van der Waals surface area contributed by atoms with E-state index in [-0.39, 0.29) is 17.3 Å². The van der Waals surface area contributed by atoms with Gasteiger partial charge in [0.05, 0.1) is 25.0 Å². The number of methoxy groups -OCH3 is 1. The predicted octanol–water partition coefficient (Wildman–Crippen LogP) is 4.54. The summed E-state index contributed by atoms with van der Waals surface area (Å²) in [5.74, 6) is 0.426. The Morgan fingerprint density at radius 3 is 2.37 bits per heavy atom. The fourth-order valence-corrected chi connectivity index (χ4v) is 4.03. The molecule has 30 heavy (non-hydrogen) atoms. The van der Waals surface area contributed by atoms with Crippen LogP contribution in [-0.4, -0.2) is 28.1 Å². The first kappa shape index (κ1) is 21.6. The van der Waals surface area contributed by atoms with E-state index in [2.05, 4.69) is 16.4 Å². The van der Waals surface area contributed by atoms with E-state index < -0.39 is 10.0 Å². The Hall–Kier alpha value is -3.06. The number of hydrogen-bond acceptors (Lipinski definition) is 5. The normalized spacial score (nSPS) is 11.3. The van der Waals surface area contributed by atoms with E-state index in [1.807, 2.05) is 18.2 Å². The Kier molecular flexibility index (Phi) is 6.95. The molecule has 6 nitrogen and oxygen atoms in total. The third-order valence-corrected chi connectivity index (χ3v) is 6.02. The molecule has 0 radical (unpaired) electrons. The van der Waals surface area contributed by atoms with Crippen LogP contribution in [0.4, 0.5) is 5.69 Å². The summed E-state index contributed by atoms with van der Waals surface area (Å²) < 4.78 is 38.5. The average Bonchev–Trinajstić information content (AvgIpc) is 2.74. The van der Waals surface area contributed by atoms with Crippen LogP contribution in [0.15, 0.2) is 65.6 Å². The molecule has 0 aliphatic rings. The maximum absolute atomic E-state index is 12.8. The first-order valence-corrected chi connectivity index (χ1v) is 11.2. The number of carbonyl (C=O) groups excluding carboxylic acids is 1. The summed E-state index contributed by atoms with van der Waals surface area (Å²) in [5, 5.41) is 1.73. The van der Waals surface area contributed by atoms with Crippen LogP contribution in [0.5, 0.6) is 5.75 Å². The molecule has 3 aromatic rings. The fraction of sp³-hybridized carbons (Fsp3) is 0.261. The Morgan fingerprint density at radius 1 is 0.967 bits per heavy atom.